The first kappa shape index (κ1) is 93.1. The van der Waals surface area contributed by atoms with Crippen LogP contribution in [-0.4, -0.2) is 128 Å². The number of carbonyl (C=O) groups is 6. The Labute approximate surface area is 773 Å². The lowest BCUT2D eigenvalue weighted by Crippen LogP contribution is -2.43. The van der Waals surface area contributed by atoms with Gasteiger partial charge >= 0.3 is 59.5 Å². The SMILES string of the molecule is CCN(CC)c1ccc2c(c1)c(N1C(=O)Cc3ccccc3C1=O)c(C(=O)O)n2C.COc1cccc(Cn2c(C(=O)O)c(-n3c(=O)[nH]c4cscc4c3=O)c3cc(C(F)(F)F)ccc32)c1.O=C(O)c1c(-n2c(=O)[nH]c3cscc3c2=O)c2cc(C(F)(F)F)ccc2n1Cc1ccccc1Cl.O=C(O)c1c(-n2c(=O)[nH]c3cscc3c2=O)c2cc(C(F)(F)F)ccc2n1Cc1cnc(Cl)s1. The predicted octanol–water partition coefficient (Wildman–Crippen LogP) is 17.6. The number of rotatable bonds is 18. The van der Waals surface area contributed by atoms with Gasteiger partial charge in [-0.25, -0.2) is 57.1 Å². The van der Waals surface area contributed by atoms with Crippen molar-refractivity contribution in [2.24, 2.45) is 7.05 Å². The van der Waals surface area contributed by atoms with Gasteiger partial charge in [-0.2, -0.15) is 39.5 Å². The molecule has 0 bridgehead atoms. The maximum absolute atomic E-state index is 13.6. The van der Waals surface area contributed by atoms with E-state index in [2.05, 4.69) is 24.8 Å². The molecule has 1 aliphatic rings. The van der Waals surface area contributed by atoms with Gasteiger partial charge in [-0.15, -0.1) is 45.3 Å². The number of carbonyl (C=O) groups excluding carboxylic acids is 2. The second-order valence-electron chi connectivity index (χ2n) is 30.1. The fraction of sp³-hybridized carbons (Fsp3) is 0.144. The van der Waals surface area contributed by atoms with E-state index in [1.165, 1.54) is 63.9 Å². The molecule has 45 heteroatoms. The van der Waals surface area contributed by atoms with Crippen LogP contribution >= 0.6 is 68.5 Å². The number of halogens is 11. The molecule has 2 amide bonds. The lowest BCUT2D eigenvalue weighted by Gasteiger charge is -2.27. The molecule has 1 aliphatic heterocycles. The van der Waals surface area contributed by atoms with E-state index >= 15 is 0 Å². The highest BCUT2D eigenvalue weighted by Crippen LogP contribution is 2.44. The van der Waals surface area contributed by atoms with E-state index in [0.717, 1.165) is 124 Å². The standard InChI is InChI=1S/C24H16F3N3O5S.C23H13ClF3N3O4S.C23H23N3O4.C20H10ClF3N4O4S2/c1-35-14-4-2-3-12(7-14)9-29-18-6-5-13(24(25,26)27)8-15(18)19(20(29)22(32)33)30-21(31)16-10-36-11-17(16)28-23(30)34;24-15-4-2-1-3-11(15)8-29-17-6-5-12(23(25,26)27)7-13(17)18(19(29)21(32)33)30-20(31)14-9-35-10-16(14)28-22(30)34;1-4-25(5-2)15-10-11-18-17(13-15)20(21(23(29)30)24(18)3)26-19(27)12-14-8-6-7-9-16(14)22(26)28;21-18-25-4-9(34-18)5-27-13-2-1-8(20(22,23)24)3-10(13)14(15(27)17(30)31)28-16(29)11-6-33-7-12(11)26-19(28)32/h2-8,10-11H,9H2,1H3,(H,28,34)(H,32,33);1-7,9-10H,8H2,(H,28,34)(H,32,33);6-11,13H,4-5,12H2,1-3H3,(H,29,30);1-4,6-7H,5H2,(H,26,32)(H,30,31). The quantitative estimate of drug-likeness (QED) is 0.0310. The molecule has 7 aromatic carbocycles. The topological polar surface area (TPSA) is 396 Å². The number of methoxy groups -OCH3 is 1. The number of anilines is 2. The van der Waals surface area contributed by atoms with E-state index in [1.807, 2.05) is 32.0 Å². The van der Waals surface area contributed by atoms with Crippen LogP contribution in [0.5, 0.6) is 5.75 Å². The van der Waals surface area contributed by atoms with Gasteiger partial charge in [0.1, 0.15) is 5.75 Å². The van der Waals surface area contributed by atoms with Crippen molar-refractivity contribution in [2.45, 2.75) is 58.4 Å². The summed E-state index contributed by atoms with van der Waals surface area (Å²) in [5.74, 6) is -6.20. The van der Waals surface area contributed by atoms with Crippen molar-refractivity contribution in [3.8, 4) is 22.8 Å². The molecule has 0 radical (unpaired) electrons. The Balaban J connectivity index is 0.000000131. The third-order valence-electron chi connectivity index (χ3n) is 22.3. The van der Waals surface area contributed by atoms with Crippen molar-refractivity contribution in [3.63, 3.8) is 0 Å². The van der Waals surface area contributed by atoms with Crippen LogP contribution in [-0.2, 0) is 56.4 Å². The average molecular weight is 1970 g/mol. The summed E-state index contributed by atoms with van der Waals surface area (Å²) in [5, 5.41) is 49.9. The predicted molar refractivity (Wildman–Crippen MR) is 491 cm³/mol. The van der Waals surface area contributed by atoms with Gasteiger partial charge in [0.05, 0.1) is 114 Å². The summed E-state index contributed by atoms with van der Waals surface area (Å²) in [6, 6.07) is 33.9. The molecule has 0 atom stereocenters. The van der Waals surface area contributed by atoms with Crippen LogP contribution in [0.1, 0.15) is 104 Å². The van der Waals surface area contributed by atoms with Gasteiger partial charge in [-0.3, -0.25) is 24.0 Å². The summed E-state index contributed by atoms with van der Waals surface area (Å²) in [6.07, 6.45) is -12.8. The molecule has 690 valence electrons. The third kappa shape index (κ3) is 17.1. The molecule has 19 rings (SSSR count). The van der Waals surface area contributed by atoms with Gasteiger partial charge in [0.15, 0.2) is 27.2 Å². The first-order valence-corrected chi connectivity index (χ1v) is 44.1. The molecule has 0 saturated carbocycles. The maximum Gasteiger partial charge on any atom is 0.416 e. The number of ether oxygens (including phenoxy) is 1. The van der Waals surface area contributed by atoms with Crippen molar-refractivity contribution < 1.29 is 93.4 Å². The first-order chi connectivity index (χ1) is 64.1. The molecule has 7 N–H and O–H groups in total. The number of aromatic amines is 3. The van der Waals surface area contributed by atoms with E-state index < -0.39 is 139 Å². The van der Waals surface area contributed by atoms with Gasteiger partial charge in [0, 0.05) is 114 Å². The van der Waals surface area contributed by atoms with Gasteiger partial charge < -0.3 is 63.3 Å². The summed E-state index contributed by atoms with van der Waals surface area (Å²) >= 11 is 16.6. The maximum atomic E-state index is 13.6. The average Bonchev–Trinajstić information content (AvgIpc) is 1.59. The van der Waals surface area contributed by atoms with Crippen molar-refractivity contribution in [2.75, 3.05) is 30.0 Å². The van der Waals surface area contributed by atoms with Crippen molar-refractivity contribution in [1.82, 2.24) is 51.9 Å². The molecule has 12 heterocycles. The molecule has 135 heavy (non-hydrogen) atoms. The smallest absolute Gasteiger partial charge is 0.416 e. The van der Waals surface area contributed by atoms with Crippen LogP contribution in [0.15, 0.2) is 213 Å². The largest absolute Gasteiger partial charge is 0.497 e. The van der Waals surface area contributed by atoms with E-state index in [-0.39, 0.29) is 107 Å². The lowest BCUT2D eigenvalue weighted by atomic mass is 9.97. The highest BCUT2D eigenvalue weighted by Gasteiger charge is 2.41. The number of nitrogens with zero attached hydrogens (tertiary/aromatic N) is 10. The molecular formula is C90H62Cl2F9N13O17S4. The Bertz CT molecular complexity index is 8380. The number of carboxylic acid groups (broad SMARTS) is 4. The number of aromatic carboxylic acids is 4. The van der Waals surface area contributed by atoms with Crippen molar-refractivity contribution in [1.29, 1.82) is 0 Å². The first-order valence-electron chi connectivity index (χ1n) is 39.7. The molecule has 0 aliphatic carbocycles. The molecule has 0 saturated heterocycles. The summed E-state index contributed by atoms with van der Waals surface area (Å²) < 4.78 is 134. The summed E-state index contributed by atoms with van der Waals surface area (Å²) in [6.45, 7) is 5.33. The number of carboxylic acids is 4. The number of thiophene rings is 3. The normalized spacial score (nSPS) is 12.4. The highest BCUT2D eigenvalue weighted by molar-refractivity contribution is 7.15. The molecule has 0 fully saturated rings. The van der Waals surface area contributed by atoms with Gasteiger partial charge in [0.25, 0.3) is 22.6 Å². The Kier molecular flexibility index (Phi) is 24.9. The van der Waals surface area contributed by atoms with Gasteiger partial charge in [-0.05, 0) is 128 Å². The minimum atomic E-state index is -4.74. The van der Waals surface area contributed by atoms with Crippen LogP contribution < -0.4 is 48.3 Å². The van der Waals surface area contributed by atoms with Crippen LogP contribution in [0.4, 0.5) is 50.9 Å². The fourth-order valence-corrected chi connectivity index (χ4v) is 19.7. The Morgan fingerprint density at radius 2 is 0.896 bits per heavy atom. The molecule has 0 spiro atoms. The van der Waals surface area contributed by atoms with E-state index in [1.54, 1.807) is 79.8 Å². The van der Waals surface area contributed by atoms with Crippen LogP contribution in [0.2, 0.25) is 9.49 Å². The number of aryl methyl sites for hydroxylation is 1. The molecule has 11 aromatic heterocycles. The van der Waals surface area contributed by atoms with E-state index in [4.69, 9.17) is 27.9 Å². The second-order valence-corrected chi connectivity index (χ2v) is 34.4. The number of nitrogens with one attached hydrogen (secondary N) is 3. The molecule has 30 nitrogen and oxygen atoms in total. The number of aromatic nitrogens is 11. The number of hydrogen-bond acceptors (Lipinski definition) is 19. The number of amides is 2. The summed E-state index contributed by atoms with van der Waals surface area (Å²) in [4.78, 5) is 169. The zero-order valence-electron chi connectivity index (χ0n) is 69.5. The Hall–Kier alpha value is -15.2. The fourth-order valence-electron chi connectivity index (χ4n) is 16.3. The van der Waals surface area contributed by atoms with Crippen molar-refractivity contribution in [3.05, 3.63) is 323 Å². The number of thiazole rings is 1. The monoisotopic (exact) mass is 1970 g/mol. The zero-order valence-corrected chi connectivity index (χ0v) is 74.3. The summed E-state index contributed by atoms with van der Waals surface area (Å²) in [5.41, 5.74) is -6.72. The number of H-pyrrole nitrogens is 3. The van der Waals surface area contributed by atoms with E-state index in [9.17, 15) is 117 Å². The van der Waals surface area contributed by atoms with Crippen LogP contribution in [0.25, 0.3) is 93.4 Å². The van der Waals surface area contributed by atoms with Crippen LogP contribution in [0, 0.1) is 0 Å². The zero-order chi connectivity index (χ0) is 96.8. The lowest BCUT2D eigenvalue weighted by molar-refractivity contribution is -0.138. The molecular weight excluding hydrogens is 1910 g/mol. The minimum Gasteiger partial charge on any atom is -0.497 e. The number of benzene rings is 7. The van der Waals surface area contributed by atoms with Gasteiger partial charge in [-0.1, -0.05) is 71.7 Å². The van der Waals surface area contributed by atoms with Crippen LogP contribution in [0.3, 0.4) is 0 Å². The number of imide groups is 1. The second kappa shape index (κ2) is 36.1. The number of fused-ring (bicyclic) bond motifs is 8. The number of hydrogen-bond donors (Lipinski definition) is 7. The molecule has 0 unspecified atom stereocenters. The third-order valence-corrected chi connectivity index (χ3v) is 26.0. The Morgan fingerprint density at radius 3 is 1.32 bits per heavy atom. The number of alkyl halides is 9. The molecule has 18 aromatic rings. The van der Waals surface area contributed by atoms with E-state index in [0.29, 0.717) is 62.5 Å². The van der Waals surface area contributed by atoms with Gasteiger partial charge in [0.2, 0.25) is 5.91 Å². The highest BCUT2D eigenvalue weighted by atomic mass is 35.5. The minimum absolute atomic E-state index is 0.0487. The summed E-state index contributed by atoms with van der Waals surface area (Å²) in [7, 11) is 3.10. The Morgan fingerprint density at radius 1 is 0.474 bits per heavy atom. The van der Waals surface area contributed by atoms with Crippen molar-refractivity contribution >= 4 is 192 Å².